The van der Waals surface area contributed by atoms with Crippen LogP contribution in [0.2, 0.25) is 5.02 Å². The molecule has 0 aliphatic heterocycles. The minimum absolute atomic E-state index is 0.0443. The van der Waals surface area contributed by atoms with Crippen LogP contribution in [-0.2, 0) is 0 Å². The number of nitro benzene ring substituents is 1. The van der Waals surface area contributed by atoms with Crippen LogP contribution in [0.25, 0.3) is 0 Å². The molecule has 124 valence electrons. The zero-order valence-corrected chi connectivity index (χ0v) is 13.9. The van der Waals surface area contributed by atoms with E-state index in [4.69, 9.17) is 11.6 Å². The van der Waals surface area contributed by atoms with Crippen LogP contribution in [-0.4, -0.2) is 10.8 Å². The molecule has 1 amide bonds. The van der Waals surface area contributed by atoms with Crippen molar-refractivity contribution in [3.63, 3.8) is 0 Å². The fraction of sp³-hybridized carbons (Fsp3) is 0.278. The van der Waals surface area contributed by atoms with E-state index in [1.807, 2.05) is 12.1 Å². The van der Waals surface area contributed by atoms with Gasteiger partial charge in [-0.05, 0) is 49.4 Å². The number of carbonyl (C=O) groups is 1. The summed E-state index contributed by atoms with van der Waals surface area (Å²) in [6, 6.07) is 11.9. The molecular weight excluding hydrogens is 328 g/mol. The molecule has 24 heavy (non-hydrogen) atoms. The van der Waals surface area contributed by atoms with Crippen LogP contribution >= 0.6 is 11.6 Å². The van der Waals surface area contributed by atoms with Crippen LogP contribution in [0.4, 0.5) is 5.69 Å². The van der Waals surface area contributed by atoms with Crippen LogP contribution in [0, 0.1) is 23.0 Å². The lowest BCUT2D eigenvalue weighted by Crippen LogP contribution is -2.30. The number of hydrogen-bond acceptors (Lipinski definition) is 3. The zero-order chi connectivity index (χ0) is 17.3. The van der Waals surface area contributed by atoms with Crippen molar-refractivity contribution in [2.75, 3.05) is 0 Å². The second-order valence-electron chi connectivity index (χ2n) is 6.05. The van der Waals surface area contributed by atoms with Crippen molar-refractivity contribution in [1.82, 2.24) is 5.32 Å². The second-order valence-corrected chi connectivity index (χ2v) is 6.48. The summed E-state index contributed by atoms with van der Waals surface area (Å²) in [5.74, 6) is 0.108. The Kier molecular flexibility index (Phi) is 4.53. The van der Waals surface area contributed by atoms with Gasteiger partial charge in [-0.1, -0.05) is 29.8 Å². The average molecular weight is 345 g/mol. The van der Waals surface area contributed by atoms with Gasteiger partial charge in [-0.3, -0.25) is 14.9 Å². The number of nitrogens with one attached hydrogen (secondary N) is 1. The summed E-state index contributed by atoms with van der Waals surface area (Å²) in [5.41, 5.74) is 1.67. The van der Waals surface area contributed by atoms with E-state index in [1.165, 1.54) is 12.1 Å². The Labute approximate surface area is 144 Å². The van der Waals surface area contributed by atoms with E-state index < -0.39 is 4.92 Å². The highest BCUT2D eigenvalue weighted by atomic mass is 35.5. The Morgan fingerprint density at radius 3 is 2.50 bits per heavy atom. The van der Waals surface area contributed by atoms with Gasteiger partial charge < -0.3 is 5.32 Å². The van der Waals surface area contributed by atoms with E-state index in [0.717, 1.165) is 18.4 Å². The first-order chi connectivity index (χ1) is 11.5. The van der Waals surface area contributed by atoms with E-state index in [1.54, 1.807) is 25.1 Å². The fourth-order valence-electron chi connectivity index (χ4n) is 2.86. The fourth-order valence-corrected chi connectivity index (χ4v) is 2.99. The Morgan fingerprint density at radius 1 is 1.25 bits per heavy atom. The smallest absolute Gasteiger partial charge is 0.273 e. The van der Waals surface area contributed by atoms with Crippen LogP contribution in [0.5, 0.6) is 0 Å². The average Bonchev–Trinajstić information content (AvgIpc) is 3.38. The van der Waals surface area contributed by atoms with E-state index in [-0.39, 0.29) is 17.6 Å². The first-order valence-electron chi connectivity index (χ1n) is 7.77. The molecule has 0 spiro atoms. The van der Waals surface area contributed by atoms with Crippen LogP contribution in [0.15, 0.2) is 42.5 Å². The molecule has 2 aromatic rings. The third kappa shape index (κ3) is 3.41. The third-order valence-corrected chi connectivity index (χ3v) is 4.61. The van der Waals surface area contributed by atoms with Crippen molar-refractivity contribution in [3.05, 3.63) is 74.3 Å². The Bertz CT molecular complexity index is 785. The lowest BCUT2D eigenvalue weighted by Gasteiger charge is -2.19. The molecule has 0 saturated heterocycles. The highest BCUT2D eigenvalue weighted by Gasteiger charge is 2.34. The molecule has 5 nitrogen and oxygen atoms in total. The SMILES string of the molecule is Cc1c(C(=O)N[C@@H](c2ccc(Cl)cc2)C2CC2)cccc1[N+](=O)[O-]. The van der Waals surface area contributed by atoms with Gasteiger partial charge in [0.2, 0.25) is 0 Å². The standard InChI is InChI=1S/C18H17ClN2O3/c1-11-15(3-2-4-16(11)21(23)24)18(22)20-17(12-5-6-12)13-7-9-14(19)10-8-13/h2-4,7-10,12,17H,5-6H2,1H3,(H,20,22)/t17-/m1/s1. The summed E-state index contributed by atoms with van der Waals surface area (Å²) in [6.07, 6.45) is 2.11. The first-order valence-corrected chi connectivity index (χ1v) is 8.15. The van der Waals surface area contributed by atoms with Gasteiger partial charge in [0.1, 0.15) is 0 Å². The molecule has 0 heterocycles. The highest BCUT2D eigenvalue weighted by molar-refractivity contribution is 6.30. The molecule has 2 aromatic carbocycles. The van der Waals surface area contributed by atoms with Gasteiger partial charge in [-0.25, -0.2) is 0 Å². The lowest BCUT2D eigenvalue weighted by atomic mass is 10.0. The van der Waals surface area contributed by atoms with Crippen molar-refractivity contribution < 1.29 is 9.72 Å². The van der Waals surface area contributed by atoms with Crippen LogP contribution in [0.3, 0.4) is 0 Å². The minimum atomic E-state index is -0.469. The molecule has 0 unspecified atom stereocenters. The van der Waals surface area contributed by atoms with Crippen LogP contribution in [0.1, 0.15) is 40.4 Å². The largest absolute Gasteiger partial charge is 0.345 e. The van der Waals surface area contributed by atoms with E-state index in [0.29, 0.717) is 22.1 Å². The van der Waals surface area contributed by atoms with Gasteiger partial charge in [0.15, 0.2) is 0 Å². The maximum atomic E-state index is 12.7. The highest BCUT2D eigenvalue weighted by Crippen LogP contribution is 2.41. The third-order valence-electron chi connectivity index (χ3n) is 4.36. The summed E-state index contributed by atoms with van der Waals surface area (Å²) >= 11 is 5.93. The van der Waals surface area contributed by atoms with Gasteiger partial charge in [0, 0.05) is 22.2 Å². The predicted octanol–water partition coefficient (Wildman–Crippen LogP) is 4.44. The summed E-state index contributed by atoms with van der Waals surface area (Å²) in [4.78, 5) is 23.2. The summed E-state index contributed by atoms with van der Waals surface area (Å²) < 4.78 is 0. The van der Waals surface area contributed by atoms with E-state index in [9.17, 15) is 14.9 Å². The molecule has 1 saturated carbocycles. The molecule has 6 heteroatoms. The van der Waals surface area contributed by atoms with Crippen molar-refractivity contribution >= 4 is 23.2 Å². The van der Waals surface area contributed by atoms with Gasteiger partial charge in [-0.2, -0.15) is 0 Å². The second kappa shape index (κ2) is 6.61. The molecule has 3 rings (SSSR count). The normalized spacial score (nSPS) is 14.9. The number of nitrogens with zero attached hydrogens (tertiary/aromatic N) is 1. The molecule has 0 aromatic heterocycles. The molecule has 1 N–H and O–H groups in total. The van der Waals surface area contributed by atoms with Crippen molar-refractivity contribution in [2.45, 2.75) is 25.8 Å². The molecule has 1 atom stereocenters. The number of amides is 1. The predicted molar refractivity (Wildman–Crippen MR) is 92.2 cm³/mol. The molecule has 1 fully saturated rings. The van der Waals surface area contributed by atoms with Crippen LogP contribution < -0.4 is 5.32 Å². The molecule has 0 bridgehead atoms. The lowest BCUT2D eigenvalue weighted by molar-refractivity contribution is -0.385. The quantitative estimate of drug-likeness (QED) is 0.643. The van der Waals surface area contributed by atoms with Crippen molar-refractivity contribution in [2.24, 2.45) is 5.92 Å². The monoisotopic (exact) mass is 344 g/mol. The number of nitro groups is 1. The summed E-state index contributed by atoms with van der Waals surface area (Å²) in [7, 11) is 0. The number of benzene rings is 2. The topological polar surface area (TPSA) is 72.2 Å². The maximum Gasteiger partial charge on any atom is 0.273 e. The number of rotatable bonds is 5. The van der Waals surface area contributed by atoms with Crippen molar-refractivity contribution in [1.29, 1.82) is 0 Å². The Balaban J connectivity index is 1.86. The van der Waals surface area contributed by atoms with Gasteiger partial charge in [0.25, 0.3) is 11.6 Å². The Hall–Kier alpha value is -2.40. The maximum absolute atomic E-state index is 12.7. The molecular formula is C18H17ClN2O3. The number of hydrogen-bond donors (Lipinski definition) is 1. The minimum Gasteiger partial charge on any atom is -0.345 e. The van der Waals surface area contributed by atoms with Gasteiger partial charge in [0.05, 0.1) is 11.0 Å². The van der Waals surface area contributed by atoms with E-state index in [2.05, 4.69) is 5.32 Å². The first kappa shape index (κ1) is 16.5. The van der Waals surface area contributed by atoms with Gasteiger partial charge in [-0.15, -0.1) is 0 Å². The van der Waals surface area contributed by atoms with Crippen molar-refractivity contribution in [3.8, 4) is 0 Å². The zero-order valence-electron chi connectivity index (χ0n) is 13.2. The number of carbonyl (C=O) groups excluding carboxylic acids is 1. The molecule has 1 aliphatic carbocycles. The summed E-state index contributed by atoms with van der Waals surface area (Å²) in [5, 5.41) is 14.7. The van der Waals surface area contributed by atoms with Gasteiger partial charge >= 0.3 is 0 Å². The Morgan fingerprint density at radius 2 is 1.92 bits per heavy atom. The number of halogens is 1. The molecule has 0 radical (unpaired) electrons. The molecule has 1 aliphatic rings. The van der Waals surface area contributed by atoms with E-state index >= 15 is 0 Å². The summed E-state index contributed by atoms with van der Waals surface area (Å²) in [6.45, 7) is 1.60.